The highest BCUT2D eigenvalue weighted by Crippen LogP contribution is 2.38. The van der Waals surface area contributed by atoms with Crippen molar-refractivity contribution in [3.8, 4) is 0 Å². The van der Waals surface area contributed by atoms with Gasteiger partial charge in [0, 0.05) is 35.2 Å². The molecule has 3 rings (SSSR count). The van der Waals surface area contributed by atoms with Gasteiger partial charge in [-0.2, -0.15) is 0 Å². The molecule has 1 unspecified atom stereocenters. The maximum absolute atomic E-state index is 14.2. The summed E-state index contributed by atoms with van der Waals surface area (Å²) in [5, 5.41) is 23.3. The predicted octanol–water partition coefficient (Wildman–Crippen LogP) is 5.14. The van der Waals surface area contributed by atoms with Crippen molar-refractivity contribution in [2.24, 2.45) is 0 Å². The third-order valence-corrected chi connectivity index (χ3v) is 4.74. The molecule has 0 aliphatic rings. The van der Waals surface area contributed by atoms with Crippen molar-refractivity contribution in [1.29, 1.82) is 0 Å². The van der Waals surface area contributed by atoms with Gasteiger partial charge < -0.3 is 10.2 Å². The van der Waals surface area contributed by atoms with Gasteiger partial charge in [0.15, 0.2) is 0 Å². The molecule has 0 bridgehead atoms. The summed E-state index contributed by atoms with van der Waals surface area (Å²) >= 11 is 1.26. The lowest BCUT2D eigenvalue weighted by Gasteiger charge is -2.20. The normalized spacial score (nSPS) is 13.2. The second-order valence-corrected chi connectivity index (χ2v) is 6.48. The highest BCUT2D eigenvalue weighted by atomic mass is 32.1. The van der Waals surface area contributed by atoms with Crippen LogP contribution in [0.4, 0.5) is 8.78 Å². The fourth-order valence-electron chi connectivity index (χ4n) is 2.57. The summed E-state index contributed by atoms with van der Waals surface area (Å²) in [6.07, 6.45) is 1.70. The number of benzene rings is 1. The van der Waals surface area contributed by atoms with Gasteiger partial charge in [-0.25, -0.2) is 8.78 Å². The van der Waals surface area contributed by atoms with Crippen LogP contribution >= 0.6 is 11.3 Å². The molecule has 3 aromatic rings. The highest BCUT2D eigenvalue weighted by Gasteiger charge is 2.25. The molecule has 0 aliphatic carbocycles. The number of halogens is 2. The number of aromatic nitrogens is 1. The number of nitrogens with zero attached hydrogens (tertiary/aromatic N) is 1. The molecule has 2 aromatic heterocycles. The van der Waals surface area contributed by atoms with Crippen LogP contribution in [-0.2, 0) is 0 Å². The Bertz CT molecular complexity index is 953. The van der Waals surface area contributed by atoms with Crippen LogP contribution in [0.1, 0.15) is 22.1 Å². The highest BCUT2D eigenvalue weighted by molar-refractivity contribution is 7.11. The summed E-state index contributed by atoms with van der Waals surface area (Å²) in [7, 11) is 0. The summed E-state index contributed by atoms with van der Waals surface area (Å²) in [5.74, 6) is -1.77. The van der Waals surface area contributed by atoms with Gasteiger partial charge in [-0.1, -0.05) is 18.7 Å². The molecule has 3 nitrogen and oxygen atoms in total. The maximum Gasteiger partial charge on any atom is 0.139 e. The van der Waals surface area contributed by atoms with Crippen molar-refractivity contribution < 1.29 is 19.0 Å². The molecule has 132 valence electrons. The van der Waals surface area contributed by atoms with Crippen molar-refractivity contribution in [2.45, 2.75) is 6.10 Å². The Kier molecular flexibility index (Phi) is 5.25. The lowest BCUT2D eigenvalue weighted by atomic mass is 9.90. The first-order chi connectivity index (χ1) is 12.5. The van der Waals surface area contributed by atoms with Gasteiger partial charge in [-0.3, -0.25) is 4.98 Å². The van der Waals surface area contributed by atoms with Crippen molar-refractivity contribution in [2.75, 3.05) is 0 Å². The molecule has 0 fully saturated rings. The fourth-order valence-corrected chi connectivity index (χ4v) is 3.25. The Morgan fingerprint density at radius 2 is 1.96 bits per heavy atom. The molecule has 1 aromatic carbocycles. The number of pyridine rings is 1. The van der Waals surface area contributed by atoms with Gasteiger partial charge in [-0.05, 0) is 35.2 Å². The Hall–Kier alpha value is -2.83. The van der Waals surface area contributed by atoms with E-state index in [1.165, 1.54) is 23.6 Å². The minimum absolute atomic E-state index is 0.00699. The Morgan fingerprint density at radius 1 is 1.15 bits per heavy atom. The second kappa shape index (κ2) is 7.59. The Balaban J connectivity index is 2.15. The average molecular weight is 371 g/mol. The molecule has 0 saturated carbocycles. The van der Waals surface area contributed by atoms with E-state index in [1.54, 1.807) is 35.8 Å². The smallest absolute Gasteiger partial charge is 0.139 e. The van der Waals surface area contributed by atoms with Gasteiger partial charge >= 0.3 is 0 Å². The molecule has 6 heteroatoms. The van der Waals surface area contributed by atoms with Crippen molar-refractivity contribution >= 4 is 22.7 Å². The van der Waals surface area contributed by atoms with E-state index in [0.717, 1.165) is 12.1 Å². The summed E-state index contributed by atoms with van der Waals surface area (Å²) in [6.45, 7) is 3.84. The molecule has 0 saturated heterocycles. The zero-order chi connectivity index (χ0) is 18.7. The first-order valence-electron chi connectivity index (χ1n) is 7.68. The molecule has 0 aliphatic heterocycles. The van der Waals surface area contributed by atoms with E-state index < -0.39 is 17.7 Å². The molecular formula is C20H15F2NO2S. The van der Waals surface area contributed by atoms with Crippen LogP contribution in [0.3, 0.4) is 0 Å². The number of thiophene rings is 1. The van der Waals surface area contributed by atoms with Crippen LogP contribution in [0.25, 0.3) is 11.3 Å². The summed E-state index contributed by atoms with van der Waals surface area (Å²) in [6, 6.07) is 9.74. The average Bonchev–Trinajstić information content (AvgIpc) is 3.17. The number of aliphatic hydroxyl groups excluding tert-OH is 2. The summed E-state index contributed by atoms with van der Waals surface area (Å²) in [4.78, 5) is 4.45. The molecule has 0 amide bonds. The van der Waals surface area contributed by atoms with E-state index in [0.29, 0.717) is 10.4 Å². The third-order valence-electron chi connectivity index (χ3n) is 3.86. The molecular weight excluding hydrogens is 356 g/mol. The van der Waals surface area contributed by atoms with Crippen LogP contribution in [0.15, 0.2) is 72.4 Å². The van der Waals surface area contributed by atoms with Crippen LogP contribution in [0.5, 0.6) is 0 Å². The van der Waals surface area contributed by atoms with E-state index in [9.17, 15) is 19.0 Å². The SMILES string of the molecule is C=C(/C(=C(\O)c1cccs1)C(O)c1cccnc1)c1ccc(F)cc1F. The molecule has 1 atom stereocenters. The largest absolute Gasteiger partial charge is 0.506 e. The minimum atomic E-state index is -1.29. The third kappa shape index (κ3) is 3.56. The zero-order valence-corrected chi connectivity index (χ0v) is 14.4. The van der Waals surface area contributed by atoms with E-state index in [1.807, 2.05) is 0 Å². The van der Waals surface area contributed by atoms with Crippen LogP contribution in [-0.4, -0.2) is 15.2 Å². The number of hydrogen-bond donors (Lipinski definition) is 2. The molecule has 2 N–H and O–H groups in total. The Morgan fingerprint density at radius 3 is 2.58 bits per heavy atom. The lowest BCUT2D eigenvalue weighted by Crippen LogP contribution is -2.08. The monoisotopic (exact) mass is 371 g/mol. The zero-order valence-electron chi connectivity index (χ0n) is 13.6. The van der Waals surface area contributed by atoms with Crippen molar-refractivity contribution in [1.82, 2.24) is 4.98 Å². The number of hydrogen-bond acceptors (Lipinski definition) is 4. The van der Waals surface area contributed by atoms with Gasteiger partial charge in [0.05, 0.1) is 4.88 Å². The van der Waals surface area contributed by atoms with Crippen molar-refractivity contribution in [3.05, 3.63) is 100 Å². The molecule has 26 heavy (non-hydrogen) atoms. The summed E-state index contributed by atoms with van der Waals surface area (Å²) in [5.41, 5.74) is 0.498. The summed E-state index contributed by atoms with van der Waals surface area (Å²) < 4.78 is 27.5. The number of aliphatic hydroxyl groups is 2. The first kappa shape index (κ1) is 18.0. The van der Waals surface area contributed by atoms with Crippen LogP contribution in [0, 0.1) is 11.6 Å². The van der Waals surface area contributed by atoms with Gasteiger partial charge in [0.2, 0.25) is 0 Å². The first-order valence-corrected chi connectivity index (χ1v) is 8.56. The van der Waals surface area contributed by atoms with Gasteiger partial charge in [-0.15, -0.1) is 11.3 Å². The minimum Gasteiger partial charge on any atom is -0.506 e. The topological polar surface area (TPSA) is 53.4 Å². The van der Waals surface area contributed by atoms with Gasteiger partial charge in [0.1, 0.15) is 23.5 Å². The number of rotatable bonds is 5. The molecule has 2 heterocycles. The quantitative estimate of drug-likeness (QED) is 0.482. The van der Waals surface area contributed by atoms with Crippen LogP contribution < -0.4 is 0 Å². The Labute approximate surface area is 153 Å². The van der Waals surface area contributed by atoms with E-state index in [4.69, 9.17) is 0 Å². The van der Waals surface area contributed by atoms with Crippen molar-refractivity contribution in [3.63, 3.8) is 0 Å². The second-order valence-electron chi connectivity index (χ2n) is 5.53. The molecule has 0 spiro atoms. The lowest BCUT2D eigenvalue weighted by molar-refractivity contribution is 0.218. The standard InChI is InChI=1S/C20H15F2NO2S/c1-12(15-7-6-14(21)10-16(15)22)18(20(25)17-5-3-9-26-17)19(24)13-4-2-8-23-11-13/h2-11,19,24-25H,1H2/b20-18+. The van der Waals surface area contributed by atoms with Crippen LogP contribution in [0.2, 0.25) is 0 Å². The van der Waals surface area contributed by atoms with Gasteiger partial charge in [0.25, 0.3) is 0 Å². The van der Waals surface area contributed by atoms with E-state index in [2.05, 4.69) is 11.6 Å². The predicted molar refractivity (Wildman–Crippen MR) is 98.5 cm³/mol. The molecule has 0 radical (unpaired) electrons. The van der Waals surface area contributed by atoms with E-state index >= 15 is 0 Å². The van der Waals surface area contributed by atoms with E-state index in [-0.39, 0.29) is 22.5 Å². The fraction of sp³-hybridized carbons (Fsp3) is 0.0500. The maximum atomic E-state index is 14.2.